The van der Waals surface area contributed by atoms with Crippen LogP contribution in [0.3, 0.4) is 0 Å². The number of nitrogens with one attached hydrogen (secondary N) is 1. The molecule has 0 bridgehead atoms. The molecule has 2 unspecified atom stereocenters. The van der Waals surface area contributed by atoms with Gasteiger partial charge in [0, 0.05) is 36.6 Å². The Balaban J connectivity index is 1.34. The van der Waals surface area contributed by atoms with E-state index in [0.29, 0.717) is 36.8 Å². The number of rotatable bonds is 6. The number of carbonyl (C=O) groups is 3. The lowest BCUT2D eigenvalue weighted by Crippen LogP contribution is -2.52. The Morgan fingerprint density at radius 3 is 2.59 bits per heavy atom. The molecule has 3 aliphatic rings. The van der Waals surface area contributed by atoms with Gasteiger partial charge in [-0.3, -0.25) is 24.6 Å². The zero-order valence-corrected chi connectivity index (χ0v) is 22.1. The number of carbonyl (C=O) groups excluding carboxylic acids is 3. The molecule has 2 aromatic rings. The van der Waals surface area contributed by atoms with Gasteiger partial charge in [0.2, 0.25) is 11.8 Å². The zero-order valence-electron chi connectivity index (χ0n) is 22.1. The fourth-order valence-corrected chi connectivity index (χ4v) is 5.83. The molecule has 5 rings (SSSR count). The molecule has 3 aliphatic heterocycles. The van der Waals surface area contributed by atoms with Crippen molar-refractivity contribution in [3.63, 3.8) is 0 Å². The molecule has 2 saturated heterocycles. The molecular formula is C25H31B4N3O5. The first-order valence-corrected chi connectivity index (χ1v) is 13.1. The first-order valence-electron chi connectivity index (χ1n) is 13.1. The molecule has 0 radical (unpaired) electrons. The summed E-state index contributed by atoms with van der Waals surface area (Å²) in [4.78, 5) is 41.1. The summed E-state index contributed by atoms with van der Waals surface area (Å²) in [6.07, 6.45) is 0.575. The second-order valence-corrected chi connectivity index (χ2v) is 10.3. The lowest BCUT2D eigenvalue weighted by atomic mass is 9.67. The van der Waals surface area contributed by atoms with E-state index in [9.17, 15) is 14.4 Å². The average molecular weight is 497 g/mol. The fourth-order valence-electron chi connectivity index (χ4n) is 5.83. The van der Waals surface area contributed by atoms with E-state index in [0.717, 1.165) is 37.4 Å². The van der Waals surface area contributed by atoms with Crippen LogP contribution in [-0.2, 0) is 27.5 Å². The summed E-state index contributed by atoms with van der Waals surface area (Å²) in [6, 6.07) is 7.12. The molecule has 1 N–H and O–H groups in total. The van der Waals surface area contributed by atoms with E-state index >= 15 is 0 Å². The number of amides is 3. The maximum absolute atomic E-state index is 13.1. The normalized spacial score (nSPS) is 21.0. The van der Waals surface area contributed by atoms with Crippen molar-refractivity contribution in [1.82, 2.24) is 15.1 Å². The second-order valence-electron chi connectivity index (χ2n) is 10.3. The quantitative estimate of drug-likeness (QED) is 0.322. The Bertz CT molecular complexity index is 1270. The molecule has 2 fully saturated rings. The summed E-state index contributed by atoms with van der Waals surface area (Å²) in [5, 5.41) is 2.35. The van der Waals surface area contributed by atoms with Crippen LogP contribution in [0, 0.1) is 0 Å². The largest absolute Gasteiger partial charge is 0.489 e. The Hall–Kier alpha value is -2.97. The van der Waals surface area contributed by atoms with Gasteiger partial charge in [-0.15, -0.1) is 0 Å². The number of piperidine rings is 1. The summed E-state index contributed by atoms with van der Waals surface area (Å²) in [5.74, 6) is 0.0780. The fraction of sp³-hybridized carbons (Fsp3) is 0.400. The summed E-state index contributed by atoms with van der Waals surface area (Å²) in [7, 11) is 8.73. The molecular weight excluding hydrogens is 466 g/mol. The van der Waals surface area contributed by atoms with Gasteiger partial charge in [0.15, 0.2) is 0 Å². The first-order chi connectivity index (χ1) is 17.8. The third kappa shape index (κ3) is 4.84. The number of hydrogen-bond acceptors (Lipinski definition) is 6. The van der Waals surface area contributed by atoms with E-state index in [2.05, 4.69) is 47.7 Å². The van der Waals surface area contributed by atoms with Gasteiger partial charge in [-0.1, -0.05) is 28.5 Å². The highest BCUT2D eigenvalue weighted by Gasteiger charge is 2.40. The summed E-state index contributed by atoms with van der Waals surface area (Å²) in [5.41, 5.74) is 7.53. The highest BCUT2D eigenvalue weighted by atomic mass is 16.5. The smallest absolute Gasteiger partial charge is 0.255 e. The Morgan fingerprint density at radius 1 is 1.11 bits per heavy atom. The van der Waals surface area contributed by atoms with Gasteiger partial charge in [-0.2, -0.15) is 0 Å². The maximum Gasteiger partial charge on any atom is 0.255 e. The molecule has 0 saturated carbocycles. The molecule has 188 valence electrons. The van der Waals surface area contributed by atoms with E-state index in [1.165, 1.54) is 22.0 Å². The van der Waals surface area contributed by atoms with E-state index in [1.807, 2.05) is 12.1 Å². The van der Waals surface area contributed by atoms with Crippen molar-refractivity contribution in [1.29, 1.82) is 0 Å². The van der Waals surface area contributed by atoms with Gasteiger partial charge in [0.1, 0.15) is 49.8 Å². The van der Waals surface area contributed by atoms with Crippen molar-refractivity contribution in [2.75, 3.05) is 26.3 Å². The number of morpholine rings is 1. The first kappa shape index (κ1) is 25.7. The second kappa shape index (κ2) is 10.4. The molecule has 8 nitrogen and oxygen atoms in total. The van der Waals surface area contributed by atoms with Crippen LogP contribution < -0.4 is 26.4 Å². The van der Waals surface area contributed by atoms with Crippen molar-refractivity contribution in [2.24, 2.45) is 0 Å². The summed E-state index contributed by atoms with van der Waals surface area (Å²) < 4.78 is 11.9. The van der Waals surface area contributed by atoms with Crippen LogP contribution in [0.1, 0.15) is 45.8 Å². The van der Waals surface area contributed by atoms with Crippen LogP contribution in [0.4, 0.5) is 0 Å². The molecule has 12 heteroatoms. The SMILES string of the molecule is Bc1cc(C(B)N2CCOCC2)c(B)c(B)c1COc1cccc2c1CN(C1CCC(=O)NC1=O)C2=O. The van der Waals surface area contributed by atoms with Crippen LogP contribution in [0.2, 0.25) is 0 Å². The number of hydrogen-bond donors (Lipinski definition) is 1. The van der Waals surface area contributed by atoms with Crippen LogP contribution >= 0.6 is 0 Å². The van der Waals surface area contributed by atoms with Crippen molar-refractivity contribution in [3.05, 3.63) is 46.5 Å². The number of benzene rings is 2. The molecule has 2 atom stereocenters. The van der Waals surface area contributed by atoms with Gasteiger partial charge in [0.25, 0.3) is 5.91 Å². The van der Waals surface area contributed by atoms with E-state index in [-0.39, 0.29) is 18.2 Å². The molecule has 0 spiro atoms. The van der Waals surface area contributed by atoms with E-state index in [1.54, 1.807) is 11.0 Å². The van der Waals surface area contributed by atoms with Crippen molar-refractivity contribution in [2.45, 2.75) is 38.0 Å². The van der Waals surface area contributed by atoms with Crippen LogP contribution in [-0.4, -0.2) is 91.3 Å². The monoisotopic (exact) mass is 497 g/mol. The Labute approximate surface area is 221 Å². The van der Waals surface area contributed by atoms with Gasteiger partial charge in [-0.05, 0) is 29.7 Å². The summed E-state index contributed by atoms with van der Waals surface area (Å²) in [6.45, 7) is 4.13. The highest BCUT2D eigenvalue weighted by Crippen LogP contribution is 2.33. The third-order valence-corrected chi connectivity index (χ3v) is 8.25. The van der Waals surface area contributed by atoms with Crippen LogP contribution in [0.15, 0.2) is 24.3 Å². The third-order valence-electron chi connectivity index (χ3n) is 8.25. The van der Waals surface area contributed by atoms with Crippen molar-refractivity contribution >= 4 is 65.5 Å². The van der Waals surface area contributed by atoms with Crippen molar-refractivity contribution in [3.8, 4) is 5.75 Å². The number of fused-ring (bicyclic) bond motifs is 1. The molecule has 0 aliphatic carbocycles. The standard InChI is InChI=1S/C25H31B4N3O5/c26-17-10-14(23(29)31-6-8-36-9-7-31)21(27)22(28)16(17)12-37-19-3-1-2-13-15(19)11-32(25(13)35)18-4-5-20(33)30-24(18)34/h1-3,10,18,23H,4-9,11-12,26-29H2,(H,30,33,34). The lowest BCUT2D eigenvalue weighted by Gasteiger charge is -2.34. The lowest BCUT2D eigenvalue weighted by molar-refractivity contribution is -0.136. The van der Waals surface area contributed by atoms with Gasteiger partial charge >= 0.3 is 0 Å². The molecule has 2 aromatic carbocycles. The van der Waals surface area contributed by atoms with Crippen molar-refractivity contribution < 1.29 is 23.9 Å². The average Bonchev–Trinajstić information content (AvgIpc) is 3.23. The summed E-state index contributed by atoms with van der Waals surface area (Å²) >= 11 is 0. The van der Waals surface area contributed by atoms with Gasteiger partial charge in [0.05, 0.1) is 19.8 Å². The molecule has 3 amide bonds. The number of ether oxygens (including phenoxy) is 2. The van der Waals surface area contributed by atoms with Gasteiger partial charge < -0.3 is 14.4 Å². The predicted octanol–water partition coefficient (Wildman–Crippen LogP) is -4.23. The van der Waals surface area contributed by atoms with E-state index in [4.69, 9.17) is 9.47 Å². The number of nitrogens with zero attached hydrogens (tertiary/aromatic N) is 2. The number of imide groups is 1. The minimum atomic E-state index is -0.640. The van der Waals surface area contributed by atoms with Crippen LogP contribution in [0.5, 0.6) is 5.75 Å². The minimum Gasteiger partial charge on any atom is -0.489 e. The van der Waals surface area contributed by atoms with Crippen LogP contribution in [0.25, 0.3) is 0 Å². The Morgan fingerprint density at radius 2 is 1.86 bits per heavy atom. The molecule has 3 heterocycles. The van der Waals surface area contributed by atoms with E-state index < -0.39 is 11.9 Å². The minimum absolute atomic E-state index is 0.195. The van der Waals surface area contributed by atoms with Gasteiger partial charge in [-0.25, -0.2) is 0 Å². The highest BCUT2D eigenvalue weighted by molar-refractivity contribution is 6.52. The Kier molecular flexibility index (Phi) is 7.23. The predicted molar refractivity (Wildman–Crippen MR) is 151 cm³/mol. The molecule has 37 heavy (non-hydrogen) atoms. The molecule has 0 aromatic heterocycles. The topological polar surface area (TPSA) is 88.2 Å². The maximum atomic E-state index is 13.1. The zero-order chi connectivity index (χ0) is 26.3.